The van der Waals surface area contributed by atoms with E-state index in [0.29, 0.717) is 24.9 Å². The number of piperidine rings is 1. The smallest absolute Gasteiger partial charge is 0.274 e. The lowest BCUT2D eigenvalue weighted by Crippen LogP contribution is -2.33. The number of nitrogens with one attached hydrogen (secondary N) is 1. The van der Waals surface area contributed by atoms with E-state index in [1.54, 1.807) is 18.0 Å². The standard InChI is InChI=1S/C19H26N4O2/c1-15-5-3-7-17(13-15)25-12-11-22(2)19(24)18-8-10-23(21-18)16-6-4-9-20-14-16/h3,5,7-8,10,13,16,20H,4,6,9,11-12,14H2,1-2H3. The minimum Gasteiger partial charge on any atom is -0.492 e. The number of carbonyl (C=O) groups excluding carboxylic acids is 1. The third-order valence-corrected chi connectivity index (χ3v) is 4.50. The molecule has 25 heavy (non-hydrogen) atoms. The second-order valence-electron chi connectivity index (χ2n) is 6.57. The van der Waals surface area contributed by atoms with Gasteiger partial charge in [0.1, 0.15) is 18.1 Å². The highest BCUT2D eigenvalue weighted by molar-refractivity contribution is 5.92. The van der Waals surface area contributed by atoms with Crippen LogP contribution in [0.5, 0.6) is 5.75 Å². The fourth-order valence-electron chi connectivity index (χ4n) is 3.02. The number of ether oxygens (including phenoxy) is 1. The zero-order valence-corrected chi connectivity index (χ0v) is 14.9. The molecule has 1 amide bonds. The van der Waals surface area contributed by atoms with Crippen LogP contribution in [0, 0.1) is 6.92 Å². The number of amides is 1. The van der Waals surface area contributed by atoms with Crippen LogP contribution in [0.2, 0.25) is 0 Å². The Morgan fingerprint density at radius 2 is 2.32 bits per heavy atom. The molecule has 0 spiro atoms. The zero-order valence-electron chi connectivity index (χ0n) is 14.9. The molecule has 6 nitrogen and oxygen atoms in total. The number of rotatable bonds is 6. The van der Waals surface area contributed by atoms with Crippen LogP contribution in [0.1, 0.15) is 34.9 Å². The van der Waals surface area contributed by atoms with E-state index in [1.807, 2.05) is 42.1 Å². The van der Waals surface area contributed by atoms with Gasteiger partial charge in [-0.05, 0) is 50.1 Å². The Morgan fingerprint density at radius 1 is 1.44 bits per heavy atom. The fourth-order valence-corrected chi connectivity index (χ4v) is 3.02. The van der Waals surface area contributed by atoms with Gasteiger partial charge in [-0.25, -0.2) is 0 Å². The summed E-state index contributed by atoms with van der Waals surface area (Å²) < 4.78 is 7.63. The molecule has 6 heteroatoms. The molecule has 1 aliphatic rings. The predicted octanol–water partition coefficient (Wildman–Crippen LogP) is 2.27. The van der Waals surface area contributed by atoms with Gasteiger partial charge in [-0.15, -0.1) is 0 Å². The molecule has 1 atom stereocenters. The first-order valence-corrected chi connectivity index (χ1v) is 8.84. The molecule has 1 saturated heterocycles. The maximum absolute atomic E-state index is 12.5. The molecule has 1 aromatic carbocycles. The van der Waals surface area contributed by atoms with Crippen LogP contribution < -0.4 is 10.1 Å². The molecule has 0 bridgehead atoms. The van der Waals surface area contributed by atoms with Crippen molar-refractivity contribution in [1.29, 1.82) is 0 Å². The Labute approximate surface area is 148 Å². The predicted molar refractivity (Wildman–Crippen MR) is 97.0 cm³/mol. The van der Waals surface area contributed by atoms with Crippen LogP contribution in [-0.2, 0) is 0 Å². The monoisotopic (exact) mass is 342 g/mol. The van der Waals surface area contributed by atoms with Gasteiger partial charge < -0.3 is 15.0 Å². The van der Waals surface area contributed by atoms with Crippen molar-refractivity contribution in [3.8, 4) is 5.75 Å². The van der Waals surface area contributed by atoms with Crippen LogP contribution in [0.25, 0.3) is 0 Å². The van der Waals surface area contributed by atoms with E-state index in [4.69, 9.17) is 4.74 Å². The molecule has 134 valence electrons. The molecule has 0 saturated carbocycles. The summed E-state index contributed by atoms with van der Waals surface area (Å²) in [6, 6.07) is 10.0. The van der Waals surface area contributed by atoms with E-state index < -0.39 is 0 Å². The number of aryl methyl sites for hydroxylation is 1. The lowest BCUT2D eigenvalue weighted by molar-refractivity contribution is 0.0766. The Hall–Kier alpha value is -2.34. The Morgan fingerprint density at radius 3 is 3.08 bits per heavy atom. The van der Waals surface area contributed by atoms with Crippen LogP contribution in [0.15, 0.2) is 36.5 Å². The van der Waals surface area contributed by atoms with Crippen LogP contribution in [-0.4, -0.2) is 53.9 Å². The molecule has 1 N–H and O–H groups in total. The number of carbonyl (C=O) groups is 1. The fraction of sp³-hybridized carbons (Fsp3) is 0.474. The van der Waals surface area contributed by atoms with Crippen molar-refractivity contribution in [2.24, 2.45) is 0 Å². The van der Waals surface area contributed by atoms with Gasteiger partial charge in [0.2, 0.25) is 0 Å². The van der Waals surface area contributed by atoms with Crippen LogP contribution in [0.3, 0.4) is 0 Å². The topological polar surface area (TPSA) is 59.4 Å². The Balaban J connectivity index is 1.51. The normalized spacial score (nSPS) is 17.3. The minimum atomic E-state index is -0.0737. The maximum atomic E-state index is 12.5. The number of nitrogens with zero attached hydrogens (tertiary/aromatic N) is 3. The van der Waals surface area contributed by atoms with Gasteiger partial charge in [0.05, 0.1) is 12.6 Å². The van der Waals surface area contributed by atoms with E-state index in [9.17, 15) is 4.79 Å². The maximum Gasteiger partial charge on any atom is 0.274 e. The molecular weight excluding hydrogens is 316 g/mol. The quantitative estimate of drug-likeness (QED) is 0.875. The van der Waals surface area contributed by atoms with Crippen molar-refractivity contribution in [2.45, 2.75) is 25.8 Å². The summed E-state index contributed by atoms with van der Waals surface area (Å²) in [6.07, 6.45) is 4.15. The number of hydrogen-bond acceptors (Lipinski definition) is 4. The second kappa shape index (κ2) is 8.16. The highest BCUT2D eigenvalue weighted by Crippen LogP contribution is 2.16. The van der Waals surface area contributed by atoms with Crippen molar-refractivity contribution in [2.75, 3.05) is 33.3 Å². The first-order valence-electron chi connectivity index (χ1n) is 8.84. The van der Waals surface area contributed by atoms with Crippen molar-refractivity contribution < 1.29 is 9.53 Å². The molecule has 1 fully saturated rings. The molecule has 2 aromatic rings. The molecule has 1 aliphatic heterocycles. The van der Waals surface area contributed by atoms with Gasteiger partial charge in [0.15, 0.2) is 0 Å². The number of hydrogen-bond donors (Lipinski definition) is 1. The van der Waals surface area contributed by atoms with Gasteiger partial charge in [0, 0.05) is 19.8 Å². The van der Waals surface area contributed by atoms with Gasteiger partial charge in [-0.3, -0.25) is 9.48 Å². The summed E-state index contributed by atoms with van der Waals surface area (Å²) in [7, 11) is 1.78. The average Bonchev–Trinajstić information content (AvgIpc) is 3.12. The first-order chi connectivity index (χ1) is 12.1. The summed E-state index contributed by atoms with van der Waals surface area (Å²) in [5, 5.41) is 7.85. The number of aromatic nitrogens is 2. The van der Waals surface area contributed by atoms with Crippen molar-refractivity contribution in [3.05, 3.63) is 47.8 Å². The highest BCUT2D eigenvalue weighted by atomic mass is 16.5. The van der Waals surface area contributed by atoms with Crippen molar-refractivity contribution in [3.63, 3.8) is 0 Å². The first kappa shape index (κ1) is 17.5. The third kappa shape index (κ3) is 4.60. The van der Waals surface area contributed by atoms with Crippen LogP contribution in [0.4, 0.5) is 0 Å². The highest BCUT2D eigenvalue weighted by Gasteiger charge is 2.19. The van der Waals surface area contributed by atoms with Gasteiger partial charge in [-0.2, -0.15) is 5.10 Å². The Bertz CT molecular complexity index is 707. The lowest BCUT2D eigenvalue weighted by atomic mass is 10.1. The summed E-state index contributed by atoms with van der Waals surface area (Å²) in [6.45, 7) is 4.98. The summed E-state index contributed by atoms with van der Waals surface area (Å²) in [5.41, 5.74) is 1.65. The molecule has 3 rings (SSSR count). The van der Waals surface area contributed by atoms with E-state index >= 15 is 0 Å². The van der Waals surface area contributed by atoms with Gasteiger partial charge in [-0.1, -0.05) is 12.1 Å². The summed E-state index contributed by atoms with van der Waals surface area (Å²) in [5.74, 6) is 0.755. The van der Waals surface area contributed by atoms with E-state index in [-0.39, 0.29) is 5.91 Å². The second-order valence-corrected chi connectivity index (χ2v) is 6.57. The molecule has 0 radical (unpaired) electrons. The number of likely N-dealkylation sites (N-methyl/N-ethyl adjacent to an activating group) is 1. The van der Waals surface area contributed by atoms with E-state index in [0.717, 1.165) is 37.2 Å². The third-order valence-electron chi connectivity index (χ3n) is 4.50. The minimum absolute atomic E-state index is 0.0737. The molecule has 1 unspecified atom stereocenters. The summed E-state index contributed by atoms with van der Waals surface area (Å²) in [4.78, 5) is 14.2. The average molecular weight is 342 g/mol. The number of benzene rings is 1. The van der Waals surface area contributed by atoms with Gasteiger partial charge >= 0.3 is 0 Å². The Kier molecular flexibility index (Phi) is 5.71. The zero-order chi connectivity index (χ0) is 17.6. The molecule has 0 aliphatic carbocycles. The molecule has 1 aromatic heterocycles. The lowest BCUT2D eigenvalue weighted by Gasteiger charge is -2.23. The SMILES string of the molecule is Cc1cccc(OCCN(C)C(=O)c2ccn(C3CCCNC3)n2)c1. The van der Waals surface area contributed by atoms with Crippen molar-refractivity contribution in [1.82, 2.24) is 20.0 Å². The van der Waals surface area contributed by atoms with Gasteiger partial charge in [0.25, 0.3) is 5.91 Å². The molecule has 2 heterocycles. The molecular formula is C19H26N4O2. The van der Waals surface area contributed by atoms with E-state index in [2.05, 4.69) is 10.4 Å². The van der Waals surface area contributed by atoms with Crippen molar-refractivity contribution >= 4 is 5.91 Å². The van der Waals surface area contributed by atoms with Crippen LogP contribution >= 0.6 is 0 Å². The van der Waals surface area contributed by atoms with E-state index in [1.165, 1.54) is 0 Å². The largest absolute Gasteiger partial charge is 0.492 e. The summed E-state index contributed by atoms with van der Waals surface area (Å²) >= 11 is 0.